The zero-order valence-electron chi connectivity index (χ0n) is 14.3. The van der Waals surface area contributed by atoms with Crippen LogP contribution in [0.1, 0.15) is 6.42 Å². The second-order valence-electron chi connectivity index (χ2n) is 5.22. The molecule has 0 aromatic heterocycles. The van der Waals surface area contributed by atoms with Crippen molar-refractivity contribution in [3.8, 4) is 0 Å². The topological polar surface area (TPSA) is 75.7 Å². The van der Waals surface area contributed by atoms with Crippen molar-refractivity contribution in [2.75, 3.05) is 25.2 Å². The summed E-state index contributed by atoms with van der Waals surface area (Å²) in [6.45, 7) is 0. The molecule has 9 heteroatoms. The molecule has 0 fully saturated rings. The molecule has 0 saturated carbocycles. The molecule has 0 radical (unpaired) electrons. The highest BCUT2D eigenvalue weighted by Crippen LogP contribution is 2.21. The Morgan fingerprint density at radius 3 is 2.35 bits per heavy atom. The Hall–Kier alpha value is -1.58. The van der Waals surface area contributed by atoms with Crippen molar-refractivity contribution in [2.45, 2.75) is 16.2 Å². The molecule has 1 N–H and O–H groups in total. The Bertz CT molecular complexity index is 840. The second-order valence-corrected chi connectivity index (χ2v) is 8.76. The number of nitrogens with one attached hydrogen (secondary N) is 1. The fraction of sp³-hybridized carbons (Fsp3) is 0.235. The number of rotatable bonds is 8. The summed E-state index contributed by atoms with van der Waals surface area (Å²) in [5.41, 5.74) is 0.533. The summed E-state index contributed by atoms with van der Waals surface area (Å²) >= 11 is 7.39. The van der Waals surface area contributed by atoms with Gasteiger partial charge in [-0.2, -0.15) is 0 Å². The molecule has 0 aliphatic carbocycles. The van der Waals surface area contributed by atoms with Crippen LogP contribution in [0, 0.1) is 0 Å². The van der Waals surface area contributed by atoms with Gasteiger partial charge in [0.1, 0.15) is 0 Å². The molecule has 2 rings (SSSR count). The number of halogens is 1. The van der Waals surface area contributed by atoms with E-state index < -0.39 is 10.0 Å². The van der Waals surface area contributed by atoms with Crippen LogP contribution >= 0.6 is 23.4 Å². The van der Waals surface area contributed by atoms with Gasteiger partial charge in [-0.15, -0.1) is 11.8 Å². The van der Waals surface area contributed by atoms with Gasteiger partial charge < -0.3 is 5.32 Å². The molecule has 0 saturated heterocycles. The third-order valence-electron chi connectivity index (χ3n) is 3.44. The lowest BCUT2D eigenvalue weighted by atomic mass is 10.3. The van der Waals surface area contributed by atoms with Gasteiger partial charge in [0.05, 0.1) is 12.0 Å². The van der Waals surface area contributed by atoms with Crippen molar-refractivity contribution in [1.29, 1.82) is 0 Å². The van der Waals surface area contributed by atoms with Crippen LogP contribution in [0.2, 0.25) is 5.02 Å². The summed E-state index contributed by atoms with van der Waals surface area (Å²) in [5.74, 6) is 0.481. The van der Waals surface area contributed by atoms with E-state index in [1.165, 1.54) is 26.3 Å². The number of sulfonamides is 1. The molecule has 6 nitrogen and oxygen atoms in total. The number of thioether (sulfide) groups is 1. The van der Waals surface area contributed by atoms with Gasteiger partial charge in [-0.05, 0) is 48.5 Å². The number of amides is 1. The van der Waals surface area contributed by atoms with Crippen LogP contribution in [0.3, 0.4) is 0 Å². The van der Waals surface area contributed by atoms with Crippen molar-refractivity contribution in [3.63, 3.8) is 0 Å². The predicted octanol–water partition coefficient (Wildman–Crippen LogP) is 3.64. The van der Waals surface area contributed by atoms with E-state index in [4.69, 9.17) is 16.4 Å². The predicted molar refractivity (Wildman–Crippen MR) is 104 cm³/mol. The zero-order valence-corrected chi connectivity index (χ0v) is 16.7. The molecule has 140 valence electrons. The van der Waals surface area contributed by atoms with Crippen LogP contribution in [-0.4, -0.2) is 38.7 Å². The Balaban J connectivity index is 1.86. The lowest BCUT2D eigenvalue weighted by Gasteiger charge is -2.14. The largest absolute Gasteiger partial charge is 0.326 e. The third-order valence-corrected chi connectivity index (χ3v) is 6.40. The number of nitrogens with zero attached hydrogens (tertiary/aromatic N) is 1. The Kier molecular flexibility index (Phi) is 7.48. The van der Waals surface area contributed by atoms with Crippen LogP contribution in [-0.2, 0) is 19.7 Å². The smallest absolute Gasteiger partial charge is 0.264 e. The lowest BCUT2D eigenvalue weighted by Crippen LogP contribution is -2.25. The molecule has 26 heavy (non-hydrogen) atoms. The summed E-state index contributed by atoms with van der Waals surface area (Å²) in [6, 6.07) is 13.3. The van der Waals surface area contributed by atoms with Crippen LogP contribution in [0.25, 0.3) is 0 Å². The maximum absolute atomic E-state index is 12.1. The monoisotopic (exact) mass is 414 g/mol. The normalized spacial score (nSPS) is 11.5. The van der Waals surface area contributed by atoms with Gasteiger partial charge in [-0.25, -0.2) is 8.42 Å². The minimum atomic E-state index is -3.70. The molecule has 0 unspecified atom stereocenters. The fourth-order valence-electron chi connectivity index (χ4n) is 1.97. The number of anilines is 1. The summed E-state index contributed by atoms with van der Waals surface area (Å²) in [5, 5.41) is 3.42. The average Bonchev–Trinajstić information content (AvgIpc) is 2.63. The highest BCUT2D eigenvalue weighted by Gasteiger charge is 2.20. The van der Waals surface area contributed by atoms with Crippen LogP contribution in [0.15, 0.2) is 58.3 Å². The van der Waals surface area contributed by atoms with Gasteiger partial charge in [-0.3, -0.25) is 9.63 Å². The summed E-state index contributed by atoms with van der Waals surface area (Å²) < 4.78 is 25.0. The molecule has 0 aliphatic heterocycles. The summed E-state index contributed by atoms with van der Waals surface area (Å²) in [6.07, 6.45) is 0.333. The Morgan fingerprint density at radius 1 is 1.15 bits per heavy atom. The molecule has 2 aromatic rings. The maximum atomic E-state index is 12.1. The number of carbonyl (C=O) groups excluding carboxylic acids is 1. The number of hydroxylamine groups is 1. The van der Waals surface area contributed by atoms with E-state index in [0.29, 0.717) is 22.9 Å². The van der Waals surface area contributed by atoms with Gasteiger partial charge in [0.15, 0.2) is 0 Å². The van der Waals surface area contributed by atoms with Crippen LogP contribution in [0.4, 0.5) is 5.69 Å². The van der Waals surface area contributed by atoms with Gasteiger partial charge in [0.2, 0.25) is 5.91 Å². The highest BCUT2D eigenvalue weighted by molar-refractivity contribution is 7.99. The lowest BCUT2D eigenvalue weighted by molar-refractivity contribution is -0.115. The quantitative estimate of drug-likeness (QED) is 0.527. The van der Waals surface area contributed by atoms with E-state index in [1.54, 1.807) is 36.0 Å². The first-order chi connectivity index (χ1) is 12.3. The first-order valence-corrected chi connectivity index (χ1v) is 10.4. The van der Waals surface area contributed by atoms with E-state index in [-0.39, 0.29) is 10.8 Å². The molecule has 1 amide bonds. The van der Waals surface area contributed by atoms with Gasteiger partial charge in [-0.1, -0.05) is 16.1 Å². The SMILES string of the molecule is CON(C)S(=O)(=O)c1ccc(NC(=O)CCSc2ccc(Cl)cc2)cc1. The van der Waals surface area contributed by atoms with E-state index >= 15 is 0 Å². The van der Waals surface area contributed by atoms with Crippen molar-refractivity contribution >= 4 is 45.0 Å². The number of hydrogen-bond donors (Lipinski definition) is 1. The minimum absolute atomic E-state index is 0.0816. The number of benzene rings is 2. The summed E-state index contributed by atoms with van der Waals surface area (Å²) in [7, 11) is -1.12. The van der Waals surface area contributed by atoms with Crippen LogP contribution in [0.5, 0.6) is 0 Å². The molecule has 0 heterocycles. The molecule has 2 aromatic carbocycles. The third kappa shape index (κ3) is 5.72. The van der Waals surface area contributed by atoms with Gasteiger partial charge >= 0.3 is 0 Å². The molecule has 0 aliphatic rings. The van der Waals surface area contributed by atoms with Gasteiger partial charge in [0, 0.05) is 34.8 Å². The van der Waals surface area contributed by atoms with Crippen molar-refractivity contribution < 1.29 is 18.0 Å². The zero-order chi connectivity index (χ0) is 19.2. The first kappa shape index (κ1) is 20.7. The molecular weight excluding hydrogens is 396 g/mol. The molecular formula is C17H19ClN2O4S2. The number of carbonyl (C=O) groups is 1. The maximum Gasteiger partial charge on any atom is 0.264 e. The molecule has 0 spiro atoms. The van der Waals surface area contributed by atoms with E-state index in [1.807, 2.05) is 12.1 Å². The fourth-order valence-corrected chi connectivity index (χ4v) is 3.92. The van der Waals surface area contributed by atoms with Crippen molar-refractivity contribution in [2.24, 2.45) is 0 Å². The number of hydrogen-bond acceptors (Lipinski definition) is 5. The Morgan fingerprint density at radius 2 is 1.77 bits per heavy atom. The van der Waals surface area contributed by atoms with E-state index in [2.05, 4.69) is 5.32 Å². The first-order valence-electron chi connectivity index (χ1n) is 7.64. The second kappa shape index (κ2) is 9.38. The molecule has 0 atom stereocenters. The van der Waals surface area contributed by atoms with E-state index in [9.17, 15) is 13.2 Å². The van der Waals surface area contributed by atoms with E-state index in [0.717, 1.165) is 9.36 Å². The molecule has 0 bridgehead atoms. The standard InChI is InChI=1S/C17H19ClN2O4S2/c1-20(24-2)26(22,23)16-9-5-14(6-10-16)19-17(21)11-12-25-15-7-3-13(18)4-8-15/h3-10H,11-12H2,1-2H3,(H,19,21). The highest BCUT2D eigenvalue weighted by atomic mass is 35.5. The van der Waals surface area contributed by atoms with Gasteiger partial charge in [0.25, 0.3) is 10.0 Å². The minimum Gasteiger partial charge on any atom is -0.326 e. The Labute approximate surface area is 162 Å². The average molecular weight is 415 g/mol. The van der Waals surface area contributed by atoms with Crippen molar-refractivity contribution in [1.82, 2.24) is 4.47 Å². The summed E-state index contributed by atoms with van der Waals surface area (Å²) in [4.78, 5) is 17.8. The van der Waals surface area contributed by atoms with Crippen LogP contribution < -0.4 is 5.32 Å². The van der Waals surface area contributed by atoms with Crippen molar-refractivity contribution in [3.05, 3.63) is 53.6 Å².